The van der Waals surface area contributed by atoms with Gasteiger partial charge in [0.15, 0.2) is 0 Å². The fourth-order valence-corrected chi connectivity index (χ4v) is 1.31. The van der Waals surface area contributed by atoms with E-state index in [1.165, 1.54) is 0 Å². The normalized spacial score (nSPS) is 10.8. The van der Waals surface area contributed by atoms with Gasteiger partial charge < -0.3 is 10.2 Å². The van der Waals surface area contributed by atoms with Crippen molar-refractivity contribution >= 4 is 5.57 Å². The smallest absolute Gasteiger partial charge is 0.115 e. The van der Waals surface area contributed by atoms with Crippen LogP contribution in [0.5, 0.6) is 5.75 Å². The molecule has 0 bridgehead atoms. The van der Waals surface area contributed by atoms with Crippen LogP contribution in [0.15, 0.2) is 42.2 Å². The zero-order chi connectivity index (χ0) is 15.3. The van der Waals surface area contributed by atoms with E-state index in [0.717, 1.165) is 17.6 Å². The summed E-state index contributed by atoms with van der Waals surface area (Å²) in [5.74, 6) is 0.558. The van der Waals surface area contributed by atoms with E-state index in [2.05, 4.69) is 6.92 Å². The zero-order valence-electron chi connectivity index (χ0n) is 13.1. The third-order valence-electron chi connectivity index (χ3n) is 2.14. The van der Waals surface area contributed by atoms with Gasteiger partial charge in [-0.05, 0) is 42.7 Å². The van der Waals surface area contributed by atoms with Gasteiger partial charge in [-0.1, -0.05) is 52.8 Å². The van der Waals surface area contributed by atoms with E-state index >= 15 is 0 Å². The Kier molecular flexibility index (Phi) is 13.2. The molecule has 0 unspecified atom stereocenters. The standard InChI is InChI=1S/C13H16O2.2C2H6/c1-3-11(5-4-10(2)14)12-6-8-13(15)9-7-12;2*1-2/h4-9,14-15H,3H2,1-2H3;2*1-2H3/b10-4+,11-5+;;. The van der Waals surface area contributed by atoms with Crippen molar-refractivity contribution in [3.63, 3.8) is 0 Å². The quantitative estimate of drug-likeness (QED) is 0.543. The number of aliphatic hydroxyl groups excluding tert-OH is 1. The number of phenols is 1. The number of aromatic hydroxyl groups is 1. The Labute approximate surface area is 118 Å². The molecule has 0 aromatic heterocycles. The Morgan fingerprint density at radius 2 is 1.47 bits per heavy atom. The molecule has 0 saturated carbocycles. The lowest BCUT2D eigenvalue weighted by molar-refractivity contribution is 0.414. The summed E-state index contributed by atoms with van der Waals surface area (Å²) in [6.07, 6.45) is 4.45. The van der Waals surface area contributed by atoms with Gasteiger partial charge in [0.25, 0.3) is 0 Å². The van der Waals surface area contributed by atoms with Gasteiger partial charge in [0.2, 0.25) is 0 Å². The predicted octanol–water partition coefficient (Wildman–Crippen LogP) is 5.70. The first-order valence-electron chi connectivity index (χ1n) is 6.99. The van der Waals surface area contributed by atoms with Crippen LogP contribution in [0.25, 0.3) is 5.57 Å². The molecule has 2 heteroatoms. The van der Waals surface area contributed by atoms with Gasteiger partial charge >= 0.3 is 0 Å². The van der Waals surface area contributed by atoms with Gasteiger partial charge in [0.1, 0.15) is 5.75 Å². The molecule has 0 amide bonds. The Morgan fingerprint density at radius 3 is 1.84 bits per heavy atom. The van der Waals surface area contributed by atoms with Crippen molar-refractivity contribution in [1.82, 2.24) is 0 Å². The third-order valence-corrected chi connectivity index (χ3v) is 2.14. The summed E-state index contributed by atoms with van der Waals surface area (Å²) in [6, 6.07) is 7.05. The zero-order valence-corrected chi connectivity index (χ0v) is 13.1. The van der Waals surface area contributed by atoms with Gasteiger partial charge in [0, 0.05) is 0 Å². The summed E-state index contributed by atoms with van der Waals surface area (Å²) in [5.41, 5.74) is 2.19. The molecule has 0 heterocycles. The monoisotopic (exact) mass is 264 g/mol. The molecule has 0 spiro atoms. The summed E-state index contributed by atoms with van der Waals surface area (Å²) in [6.45, 7) is 11.7. The minimum Gasteiger partial charge on any atom is -0.513 e. The first-order valence-corrected chi connectivity index (χ1v) is 6.99. The van der Waals surface area contributed by atoms with Crippen molar-refractivity contribution in [3.8, 4) is 5.75 Å². The number of benzene rings is 1. The van der Waals surface area contributed by atoms with Crippen molar-refractivity contribution in [2.24, 2.45) is 0 Å². The summed E-state index contributed by atoms with van der Waals surface area (Å²) >= 11 is 0. The average Bonchev–Trinajstić information content (AvgIpc) is 2.45. The molecule has 108 valence electrons. The highest BCUT2D eigenvalue weighted by Gasteiger charge is 1.97. The average molecular weight is 264 g/mol. The van der Waals surface area contributed by atoms with E-state index in [9.17, 15) is 0 Å². The van der Waals surface area contributed by atoms with Crippen LogP contribution in [0.1, 0.15) is 53.5 Å². The molecule has 1 rings (SSSR count). The van der Waals surface area contributed by atoms with E-state index in [0.29, 0.717) is 5.76 Å². The van der Waals surface area contributed by atoms with E-state index in [-0.39, 0.29) is 5.75 Å². The highest BCUT2D eigenvalue weighted by molar-refractivity contribution is 5.67. The number of aliphatic hydroxyl groups is 1. The summed E-state index contributed by atoms with van der Waals surface area (Å²) in [5, 5.41) is 18.2. The minimum absolute atomic E-state index is 0.267. The van der Waals surface area contributed by atoms with Crippen molar-refractivity contribution in [1.29, 1.82) is 0 Å². The van der Waals surface area contributed by atoms with Crippen molar-refractivity contribution in [2.45, 2.75) is 48.0 Å². The molecule has 0 aliphatic rings. The van der Waals surface area contributed by atoms with Gasteiger partial charge in [-0.3, -0.25) is 0 Å². The Balaban J connectivity index is 0. The highest BCUT2D eigenvalue weighted by atomic mass is 16.3. The second-order valence-electron chi connectivity index (χ2n) is 3.40. The Hall–Kier alpha value is -1.70. The van der Waals surface area contributed by atoms with Crippen LogP contribution in [0.2, 0.25) is 0 Å². The van der Waals surface area contributed by atoms with Crippen LogP contribution in [0.3, 0.4) is 0 Å². The largest absolute Gasteiger partial charge is 0.513 e. The van der Waals surface area contributed by atoms with Gasteiger partial charge in [-0.15, -0.1) is 0 Å². The van der Waals surface area contributed by atoms with Gasteiger partial charge in [-0.2, -0.15) is 0 Å². The highest BCUT2D eigenvalue weighted by Crippen LogP contribution is 2.20. The molecule has 0 saturated heterocycles. The van der Waals surface area contributed by atoms with E-state index in [1.807, 2.05) is 45.9 Å². The maximum absolute atomic E-state index is 9.16. The molecular weight excluding hydrogens is 236 g/mol. The summed E-state index contributed by atoms with van der Waals surface area (Å²) < 4.78 is 0. The van der Waals surface area contributed by atoms with Crippen LogP contribution in [-0.4, -0.2) is 10.2 Å². The number of rotatable bonds is 3. The number of phenolic OH excluding ortho intramolecular Hbond substituents is 1. The Morgan fingerprint density at radius 1 is 1.00 bits per heavy atom. The van der Waals surface area contributed by atoms with Gasteiger partial charge in [0.05, 0.1) is 5.76 Å². The number of hydrogen-bond acceptors (Lipinski definition) is 2. The fourth-order valence-electron chi connectivity index (χ4n) is 1.31. The molecular formula is C17H28O2. The molecule has 0 fully saturated rings. The lowest BCUT2D eigenvalue weighted by atomic mass is 10.0. The molecule has 1 aromatic carbocycles. The first-order chi connectivity index (χ1) is 9.13. The molecule has 0 aliphatic carbocycles. The van der Waals surface area contributed by atoms with E-state index < -0.39 is 0 Å². The van der Waals surface area contributed by atoms with Crippen LogP contribution in [0, 0.1) is 0 Å². The second-order valence-corrected chi connectivity index (χ2v) is 3.40. The van der Waals surface area contributed by atoms with Crippen LogP contribution in [-0.2, 0) is 0 Å². The van der Waals surface area contributed by atoms with Crippen molar-refractivity contribution in [3.05, 3.63) is 47.7 Å². The molecule has 2 N–H and O–H groups in total. The van der Waals surface area contributed by atoms with Crippen molar-refractivity contribution < 1.29 is 10.2 Å². The lowest BCUT2D eigenvalue weighted by Crippen LogP contribution is -1.82. The summed E-state index contributed by atoms with van der Waals surface area (Å²) in [7, 11) is 0. The molecule has 1 aromatic rings. The van der Waals surface area contributed by atoms with Crippen LogP contribution in [0.4, 0.5) is 0 Å². The minimum atomic E-state index is 0.267. The molecule has 19 heavy (non-hydrogen) atoms. The maximum Gasteiger partial charge on any atom is 0.115 e. The van der Waals surface area contributed by atoms with E-state index in [4.69, 9.17) is 10.2 Å². The number of allylic oxidation sites excluding steroid dienone is 4. The van der Waals surface area contributed by atoms with Crippen molar-refractivity contribution in [2.75, 3.05) is 0 Å². The fraction of sp³-hybridized carbons (Fsp3) is 0.412. The molecule has 0 aliphatic heterocycles. The first kappa shape index (κ1) is 19.6. The number of hydrogen-bond donors (Lipinski definition) is 2. The molecule has 2 nitrogen and oxygen atoms in total. The molecule has 0 radical (unpaired) electrons. The van der Waals surface area contributed by atoms with Gasteiger partial charge in [-0.25, -0.2) is 0 Å². The maximum atomic E-state index is 9.16. The van der Waals surface area contributed by atoms with Crippen LogP contribution < -0.4 is 0 Å². The second kappa shape index (κ2) is 12.7. The molecule has 0 atom stereocenters. The SMILES string of the molecule is CC.CC.CC/C(=C\C=C(/C)O)c1ccc(O)cc1. The van der Waals surface area contributed by atoms with E-state index in [1.54, 1.807) is 25.1 Å². The van der Waals surface area contributed by atoms with Crippen LogP contribution >= 0.6 is 0 Å². The Bertz CT molecular complexity index is 369. The predicted molar refractivity (Wildman–Crippen MR) is 85.5 cm³/mol. The summed E-state index contributed by atoms with van der Waals surface area (Å²) in [4.78, 5) is 0. The topological polar surface area (TPSA) is 40.5 Å². The third kappa shape index (κ3) is 8.95. The lowest BCUT2D eigenvalue weighted by Gasteiger charge is -2.03.